The Bertz CT molecular complexity index is 405. The van der Waals surface area contributed by atoms with Gasteiger partial charge in [-0.3, -0.25) is 14.9 Å². The maximum atomic E-state index is 11.7. The van der Waals surface area contributed by atoms with E-state index in [9.17, 15) is 14.9 Å². The van der Waals surface area contributed by atoms with Crippen LogP contribution in [0.25, 0.3) is 0 Å². The predicted octanol–water partition coefficient (Wildman–Crippen LogP) is 2.33. The van der Waals surface area contributed by atoms with E-state index >= 15 is 0 Å². The van der Waals surface area contributed by atoms with Crippen LogP contribution in [0.15, 0.2) is 16.5 Å². The molecule has 1 amide bonds. The largest absolute Gasteiger partial charge is 0.433 e. The number of nitrogens with zero attached hydrogens (tertiary/aromatic N) is 1. The molecule has 0 spiro atoms. The lowest BCUT2D eigenvalue weighted by molar-refractivity contribution is -0.402. The lowest BCUT2D eigenvalue weighted by Gasteiger charge is -2.14. The number of amides is 1. The maximum Gasteiger partial charge on any atom is 0.433 e. The molecule has 1 aromatic heterocycles. The molecule has 0 aliphatic rings. The van der Waals surface area contributed by atoms with Crippen molar-refractivity contribution in [3.8, 4) is 0 Å². The van der Waals surface area contributed by atoms with Crippen LogP contribution in [0.2, 0.25) is 0 Å². The smallest absolute Gasteiger partial charge is 0.395 e. The molecular weight excluding hydrogens is 248 g/mol. The second-order valence-electron chi connectivity index (χ2n) is 3.45. The number of alkyl halides is 1. The molecule has 1 atom stereocenters. The van der Waals surface area contributed by atoms with E-state index in [0.29, 0.717) is 12.3 Å². The highest BCUT2D eigenvalue weighted by Gasteiger charge is 2.19. The zero-order valence-electron chi connectivity index (χ0n) is 9.31. The van der Waals surface area contributed by atoms with E-state index in [2.05, 4.69) is 5.32 Å². The Kier molecular flexibility index (Phi) is 4.96. The fraction of sp³-hybridized carbons (Fsp3) is 0.500. The first kappa shape index (κ1) is 13.5. The minimum Gasteiger partial charge on any atom is -0.395 e. The Morgan fingerprint density at radius 3 is 2.82 bits per heavy atom. The summed E-state index contributed by atoms with van der Waals surface area (Å²) in [5, 5.41) is 13.1. The monoisotopic (exact) mass is 260 g/mol. The van der Waals surface area contributed by atoms with Gasteiger partial charge in [-0.05, 0) is 18.9 Å². The molecule has 1 aromatic rings. The average molecular weight is 261 g/mol. The minimum absolute atomic E-state index is 0.0517. The molecule has 94 valence electrons. The summed E-state index contributed by atoms with van der Waals surface area (Å²) in [4.78, 5) is 21.3. The van der Waals surface area contributed by atoms with Crippen LogP contribution in [-0.4, -0.2) is 22.8 Å². The Hall–Kier alpha value is -1.56. The van der Waals surface area contributed by atoms with Crippen molar-refractivity contribution in [2.24, 2.45) is 0 Å². The van der Waals surface area contributed by atoms with Gasteiger partial charge in [0.15, 0.2) is 5.76 Å². The summed E-state index contributed by atoms with van der Waals surface area (Å²) in [6.07, 6.45) is 1.38. The van der Waals surface area contributed by atoms with E-state index < -0.39 is 16.7 Å². The summed E-state index contributed by atoms with van der Waals surface area (Å²) in [6.45, 7) is 1.92. The van der Waals surface area contributed by atoms with Gasteiger partial charge in [-0.25, -0.2) is 0 Å². The van der Waals surface area contributed by atoms with Crippen LogP contribution < -0.4 is 5.32 Å². The summed E-state index contributed by atoms with van der Waals surface area (Å²) in [5.74, 6) is -0.530. The molecule has 1 unspecified atom stereocenters. The van der Waals surface area contributed by atoms with Gasteiger partial charge < -0.3 is 9.73 Å². The number of carbonyl (C=O) groups is 1. The van der Waals surface area contributed by atoms with E-state index in [4.69, 9.17) is 16.0 Å². The van der Waals surface area contributed by atoms with Crippen molar-refractivity contribution < 1.29 is 14.1 Å². The van der Waals surface area contributed by atoms with Crippen molar-refractivity contribution in [2.45, 2.75) is 25.8 Å². The molecule has 1 heterocycles. The van der Waals surface area contributed by atoms with Crippen LogP contribution >= 0.6 is 11.6 Å². The zero-order valence-corrected chi connectivity index (χ0v) is 10.1. The van der Waals surface area contributed by atoms with Crippen LogP contribution in [0.3, 0.4) is 0 Å². The molecule has 0 aromatic carbocycles. The topological polar surface area (TPSA) is 85.4 Å². The van der Waals surface area contributed by atoms with E-state index in [1.165, 1.54) is 6.07 Å². The fourth-order valence-corrected chi connectivity index (χ4v) is 1.58. The first-order valence-corrected chi connectivity index (χ1v) is 5.73. The normalized spacial score (nSPS) is 12.1. The highest BCUT2D eigenvalue weighted by molar-refractivity contribution is 6.17. The average Bonchev–Trinajstić information content (AvgIpc) is 2.77. The van der Waals surface area contributed by atoms with Gasteiger partial charge in [-0.15, -0.1) is 11.6 Å². The predicted molar refractivity (Wildman–Crippen MR) is 62.2 cm³/mol. The van der Waals surface area contributed by atoms with Crippen LogP contribution in [0.4, 0.5) is 5.88 Å². The van der Waals surface area contributed by atoms with Crippen molar-refractivity contribution >= 4 is 23.4 Å². The van der Waals surface area contributed by atoms with Crippen LogP contribution in [-0.2, 0) is 0 Å². The third-order valence-corrected chi connectivity index (χ3v) is 2.50. The highest BCUT2D eigenvalue weighted by Crippen LogP contribution is 2.15. The number of halogens is 1. The Labute approximate surface area is 103 Å². The molecule has 17 heavy (non-hydrogen) atoms. The number of nitro groups is 1. The second-order valence-corrected chi connectivity index (χ2v) is 3.83. The van der Waals surface area contributed by atoms with Crippen molar-refractivity contribution in [2.75, 3.05) is 5.88 Å². The minimum atomic E-state index is -0.688. The zero-order chi connectivity index (χ0) is 12.8. The van der Waals surface area contributed by atoms with E-state index in [1.807, 2.05) is 6.92 Å². The van der Waals surface area contributed by atoms with Crippen LogP contribution in [0.1, 0.15) is 30.3 Å². The van der Waals surface area contributed by atoms with Gasteiger partial charge in [-0.2, -0.15) is 0 Å². The molecule has 0 fully saturated rings. The van der Waals surface area contributed by atoms with Crippen molar-refractivity contribution in [3.63, 3.8) is 0 Å². The van der Waals surface area contributed by atoms with Crippen molar-refractivity contribution in [1.29, 1.82) is 0 Å². The molecular formula is C10H13ClN2O4. The molecule has 0 saturated heterocycles. The summed E-state index contributed by atoms with van der Waals surface area (Å²) < 4.78 is 4.79. The van der Waals surface area contributed by atoms with Crippen molar-refractivity contribution in [3.05, 3.63) is 28.0 Å². The second kappa shape index (κ2) is 6.24. The molecule has 0 bridgehead atoms. The Morgan fingerprint density at radius 1 is 1.65 bits per heavy atom. The van der Waals surface area contributed by atoms with E-state index in [0.717, 1.165) is 12.5 Å². The third kappa shape index (κ3) is 3.74. The summed E-state index contributed by atoms with van der Waals surface area (Å²) in [6, 6.07) is 2.38. The lowest BCUT2D eigenvalue weighted by Crippen LogP contribution is -2.34. The molecule has 0 aliphatic heterocycles. The highest BCUT2D eigenvalue weighted by atomic mass is 35.5. The van der Waals surface area contributed by atoms with Crippen molar-refractivity contribution in [1.82, 2.24) is 5.32 Å². The molecule has 1 rings (SSSR count). The van der Waals surface area contributed by atoms with Gasteiger partial charge in [0, 0.05) is 11.9 Å². The van der Waals surface area contributed by atoms with Gasteiger partial charge in [0.2, 0.25) is 0 Å². The molecule has 1 N–H and O–H groups in total. The van der Waals surface area contributed by atoms with Gasteiger partial charge in [0.1, 0.15) is 4.92 Å². The Morgan fingerprint density at radius 2 is 2.35 bits per heavy atom. The number of nitrogens with one attached hydrogen (secondary N) is 1. The maximum absolute atomic E-state index is 11.7. The lowest BCUT2D eigenvalue weighted by atomic mass is 10.1. The number of hydrogen-bond acceptors (Lipinski definition) is 4. The quantitative estimate of drug-likeness (QED) is 0.483. The first-order valence-electron chi connectivity index (χ1n) is 5.19. The Balaban J connectivity index is 2.65. The summed E-state index contributed by atoms with van der Waals surface area (Å²) in [7, 11) is 0. The van der Waals surface area contributed by atoms with Gasteiger partial charge in [0.05, 0.1) is 6.07 Å². The SMILES string of the molecule is CCC(CCCl)NC(=O)c1ccc([N+](=O)[O-])o1. The standard InChI is InChI=1S/C10H13ClN2O4/c1-2-7(5-6-11)12-10(14)8-3-4-9(17-8)13(15)16/h3-4,7H,2,5-6H2,1H3,(H,12,14). The number of hydrogen-bond donors (Lipinski definition) is 1. The van der Waals surface area contributed by atoms with Crippen LogP contribution in [0.5, 0.6) is 0 Å². The molecule has 6 nitrogen and oxygen atoms in total. The van der Waals surface area contributed by atoms with Gasteiger partial charge in [0.25, 0.3) is 5.91 Å². The summed E-state index contributed by atoms with van der Waals surface area (Å²) in [5.41, 5.74) is 0. The van der Waals surface area contributed by atoms with Crippen LogP contribution in [0, 0.1) is 10.1 Å². The molecule has 0 aliphatic carbocycles. The fourth-order valence-electron chi connectivity index (χ4n) is 1.31. The van der Waals surface area contributed by atoms with E-state index in [1.54, 1.807) is 0 Å². The van der Waals surface area contributed by atoms with E-state index in [-0.39, 0.29) is 11.8 Å². The number of rotatable bonds is 6. The molecule has 0 saturated carbocycles. The number of carbonyl (C=O) groups excluding carboxylic acids is 1. The van der Waals surface area contributed by atoms with Gasteiger partial charge >= 0.3 is 5.88 Å². The summed E-state index contributed by atoms with van der Waals surface area (Å²) >= 11 is 5.59. The molecule has 0 radical (unpaired) electrons. The first-order chi connectivity index (χ1) is 8.08. The third-order valence-electron chi connectivity index (χ3n) is 2.28. The van der Waals surface area contributed by atoms with Gasteiger partial charge in [-0.1, -0.05) is 6.92 Å². The molecule has 7 heteroatoms. The number of furan rings is 1.